The molecule has 6 heteroatoms. The van der Waals surface area contributed by atoms with Crippen molar-refractivity contribution in [2.45, 2.75) is 6.54 Å². The summed E-state index contributed by atoms with van der Waals surface area (Å²) in [6.45, 7) is 4.49. The molecule has 0 bridgehead atoms. The zero-order valence-corrected chi connectivity index (χ0v) is 17.0. The normalized spacial score (nSPS) is 15.2. The Morgan fingerprint density at radius 1 is 1.00 bits per heavy atom. The van der Waals surface area contributed by atoms with Crippen molar-refractivity contribution in [2.24, 2.45) is 0 Å². The first-order valence-electron chi connectivity index (χ1n) is 9.70. The van der Waals surface area contributed by atoms with E-state index < -0.39 is 0 Å². The van der Waals surface area contributed by atoms with Gasteiger partial charge < -0.3 is 24.2 Å². The summed E-state index contributed by atoms with van der Waals surface area (Å²) in [5.41, 5.74) is 2.30. The van der Waals surface area contributed by atoms with Gasteiger partial charge in [-0.2, -0.15) is 0 Å². The Hall–Kier alpha value is -2.73. The molecule has 2 aromatic rings. The van der Waals surface area contributed by atoms with Crippen LogP contribution in [0.25, 0.3) is 0 Å². The molecule has 1 heterocycles. The molecule has 1 saturated heterocycles. The number of quaternary nitrogens is 1. The first-order chi connectivity index (χ1) is 13.6. The lowest BCUT2D eigenvalue weighted by atomic mass is 10.1. The second-order valence-corrected chi connectivity index (χ2v) is 7.19. The first kappa shape index (κ1) is 20.0. The molecule has 0 aromatic heterocycles. The van der Waals surface area contributed by atoms with Gasteiger partial charge in [-0.3, -0.25) is 4.79 Å². The number of benzene rings is 2. The van der Waals surface area contributed by atoms with Gasteiger partial charge in [0, 0.05) is 43.5 Å². The van der Waals surface area contributed by atoms with Crippen LogP contribution in [0.15, 0.2) is 48.5 Å². The lowest BCUT2D eigenvalue weighted by molar-refractivity contribution is -0.885. The molecule has 1 aliphatic rings. The van der Waals surface area contributed by atoms with E-state index in [1.54, 1.807) is 14.2 Å². The summed E-state index contributed by atoms with van der Waals surface area (Å²) in [6, 6.07) is 16.2. The van der Waals surface area contributed by atoms with Gasteiger partial charge in [0.2, 0.25) is 0 Å². The van der Waals surface area contributed by atoms with Crippen molar-refractivity contribution in [3.8, 4) is 11.5 Å². The van der Waals surface area contributed by atoms with Gasteiger partial charge in [-0.25, -0.2) is 0 Å². The van der Waals surface area contributed by atoms with Crippen LogP contribution in [0.1, 0.15) is 5.56 Å². The number of para-hydroxylation sites is 1. The van der Waals surface area contributed by atoms with Crippen molar-refractivity contribution in [1.82, 2.24) is 4.90 Å². The highest BCUT2D eigenvalue weighted by molar-refractivity contribution is 5.77. The summed E-state index contributed by atoms with van der Waals surface area (Å²) in [6.07, 6.45) is 0. The number of carbonyl (C=O) groups excluding carboxylic acids is 1. The molecular weight excluding hydrogens is 354 g/mol. The SMILES string of the molecule is COc1ccc(C[NH+](C)CC(=O)N2CCN(c3ccccc3)CC2)c(OC)c1. The van der Waals surface area contributed by atoms with E-state index in [9.17, 15) is 4.79 Å². The van der Waals surface area contributed by atoms with Gasteiger partial charge >= 0.3 is 0 Å². The standard InChI is InChI=1S/C22H29N3O3/c1-23(16-18-9-10-20(27-2)15-21(18)28-3)17-22(26)25-13-11-24(12-14-25)19-7-5-4-6-8-19/h4-10,15H,11-14,16-17H2,1-3H3/p+1. The highest BCUT2D eigenvalue weighted by atomic mass is 16.5. The fraction of sp³-hybridized carbons (Fsp3) is 0.409. The number of nitrogens with zero attached hydrogens (tertiary/aromatic N) is 2. The van der Waals surface area contributed by atoms with Crippen molar-refractivity contribution < 1.29 is 19.2 Å². The van der Waals surface area contributed by atoms with E-state index in [1.165, 1.54) is 5.69 Å². The second-order valence-electron chi connectivity index (χ2n) is 7.19. The summed E-state index contributed by atoms with van der Waals surface area (Å²) < 4.78 is 10.7. The van der Waals surface area contributed by atoms with Crippen LogP contribution < -0.4 is 19.3 Å². The van der Waals surface area contributed by atoms with Gasteiger partial charge in [0.25, 0.3) is 5.91 Å². The zero-order chi connectivity index (χ0) is 19.9. The molecule has 0 spiro atoms. The van der Waals surface area contributed by atoms with Gasteiger partial charge in [-0.15, -0.1) is 0 Å². The number of hydrogen-bond acceptors (Lipinski definition) is 4. The maximum atomic E-state index is 12.7. The third kappa shape index (κ3) is 4.95. The van der Waals surface area contributed by atoms with Crippen LogP contribution in [0.5, 0.6) is 11.5 Å². The summed E-state index contributed by atoms with van der Waals surface area (Å²) in [4.78, 5) is 18.2. The van der Waals surface area contributed by atoms with Gasteiger partial charge in [0.15, 0.2) is 6.54 Å². The number of carbonyl (C=O) groups is 1. The number of likely N-dealkylation sites (N-methyl/N-ethyl adjacent to an activating group) is 1. The molecule has 1 N–H and O–H groups in total. The Kier molecular flexibility index (Phi) is 6.76. The van der Waals surface area contributed by atoms with Gasteiger partial charge in [-0.05, 0) is 24.3 Å². The molecule has 0 saturated carbocycles. The average molecular weight is 385 g/mol. The molecule has 1 fully saturated rings. The topological polar surface area (TPSA) is 46.5 Å². The molecule has 1 atom stereocenters. The van der Waals surface area contributed by atoms with Gasteiger partial charge in [-0.1, -0.05) is 18.2 Å². The summed E-state index contributed by atoms with van der Waals surface area (Å²) in [7, 11) is 5.34. The minimum Gasteiger partial charge on any atom is -0.497 e. The van der Waals surface area contributed by atoms with Crippen molar-refractivity contribution in [2.75, 3.05) is 58.9 Å². The Morgan fingerprint density at radius 3 is 2.36 bits per heavy atom. The number of nitrogens with one attached hydrogen (secondary N) is 1. The number of piperazine rings is 1. The van der Waals surface area contributed by atoms with E-state index >= 15 is 0 Å². The van der Waals surface area contributed by atoms with Crippen LogP contribution in [0.2, 0.25) is 0 Å². The third-order valence-electron chi connectivity index (χ3n) is 5.19. The second kappa shape index (κ2) is 9.46. The molecule has 0 radical (unpaired) electrons. The van der Waals surface area contributed by atoms with E-state index in [4.69, 9.17) is 9.47 Å². The molecule has 1 aliphatic heterocycles. The maximum Gasteiger partial charge on any atom is 0.277 e. The predicted octanol–water partition coefficient (Wildman–Crippen LogP) is 1.07. The van der Waals surface area contributed by atoms with E-state index in [-0.39, 0.29) is 5.91 Å². The van der Waals surface area contributed by atoms with Crippen molar-refractivity contribution >= 4 is 11.6 Å². The number of amides is 1. The monoisotopic (exact) mass is 384 g/mol. The van der Waals surface area contributed by atoms with Crippen molar-refractivity contribution in [3.63, 3.8) is 0 Å². The molecule has 0 aliphatic carbocycles. The van der Waals surface area contributed by atoms with Crippen LogP contribution in [0, 0.1) is 0 Å². The maximum absolute atomic E-state index is 12.7. The lowest BCUT2D eigenvalue weighted by Crippen LogP contribution is -3.09. The van der Waals surface area contributed by atoms with E-state index in [0.29, 0.717) is 6.54 Å². The van der Waals surface area contributed by atoms with Crippen LogP contribution in [-0.2, 0) is 11.3 Å². The van der Waals surface area contributed by atoms with E-state index in [0.717, 1.165) is 54.7 Å². The summed E-state index contributed by atoms with van der Waals surface area (Å²) >= 11 is 0. The predicted molar refractivity (Wildman–Crippen MR) is 110 cm³/mol. The molecule has 150 valence electrons. The minimum absolute atomic E-state index is 0.206. The molecule has 1 unspecified atom stereocenters. The van der Waals surface area contributed by atoms with Crippen molar-refractivity contribution in [3.05, 3.63) is 54.1 Å². The molecule has 3 rings (SSSR count). The molecule has 6 nitrogen and oxygen atoms in total. The molecular formula is C22H30N3O3+. The Balaban J connectivity index is 1.51. The molecule has 2 aromatic carbocycles. The third-order valence-corrected chi connectivity index (χ3v) is 5.19. The number of ether oxygens (including phenoxy) is 2. The number of hydrogen-bond donors (Lipinski definition) is 1. The smallest absolute Gasteiger partial charge is 0.277 e. The Morgan fingerprint density at radius 2 is 1.71 bits per heavy atom. The van der Waals surface area contributed by atoms with Crippen molar-refractivity contribution in [1.29, 1.82) is 0 Å². The zero-order valence-electron chi connectivity index (χ0n) is 17.0. The Bertz CT molecular complexity index is 774. The van der Waals surface area contributed by atoms with Crippen LogP contribution in [0.3, 0.4) is 0 Å². The minimum atomic E-state index is 0.206. The van der Waals surface area contributed by atoms with Crippen LogP contribution >= 0.6 is 0 Å². The van der Waals surface area contributed by atoms with Gasteiger partial charge in [0.05, 0.1) is 21.3 Å². The highest BCUT2D eigenvalue weighted by Crippen LogP contribution is 2.23. The van der Waals surface area contributed by atoms with Crippen LogP contribution in [0.4, 0.5) is 5.69 Å². The largest absolute Gasteiger partial charge is 0.497 e. The molecule has 1 amide bonds. The fourth-order valence-electron chi connectivity index (χ4n) is 3.61. The number of rotatable bonds is 7. The number of anilines is 1. The lowest BCUT2D eigenvalue weighted by Gasteiger charge is -2.36. The Labute approximate surface area is 167 Å². The van der Waals surface area contributed by atoms with Crippen LogP contribution in [-0.4, -0.2) is 64.8 Å². The quantitative estimate of drug-likeness (QED) is 0.776. The number of methoxy groups -OCH3 is 2. The average Bonchev–Trinajstić information content (AvgIpc) is 2.74. The first-order valence-corrected chi connectivity index (χ1v) is 9.70. The summed E-state index contributed by atoms with van der Waals surface area (Å²) in [5, 5.41) is 0. The fourth-order valence-corrected chi connectivity index (χ4v) is 3.61. The van der Waals surface area contributed by atoms with E-state index in [2.05, 4.69) is 29.2 Å². The van der Waals surface area contributed by atoms with Gasteiger partial charge in [0.1, 0.15) is 18.0 Å². The van der Waals surface area contributed by atoms with E-state index in [1.807, 2.05) is 36.2 Å². The summed E-state index contributed by atoms with van der Waals surface area (Å²) in [5.74, 6) is 1.77. The highest BCUT2D eigenvalue weighted by Gasteiger charge is 2.24. The molecule has 28 heavy (non-hydrogen) atoms.